The zero-order valence-corrected chi connectivity index (χ0v) is 28.5. The van der Waals surface area contributed by atoms with Crippen LogP contribution in [0.2, 0.25) is 0 Å². The smallest absolute Gasteiger partial charge is 0.190 e. The highest BCUT2D eigenvalue weighted by molar-refractivity contribution is 6.24. The van der Waals surface area contributed by atoms with Crippen LogP contribution in [0.1, 0.15) is 128 Å². The van der Waals surface area contributed by atoms with E-state index >= 15 is 0 Å². The van der Waals surface area contributed by atoms with E-state index in [1.54, 1.807) is 0 Å². The molecule has 43 heavy (non-hydrogen) atoms. The van der Waals surface area contributed by atoms with E-state index in [0.717, 1.165) is 58.2 Å². The summed E-state index contributed by atoms with van der Waals surface area (Å²) in [5.41, 5.74) is 9.24. The molecule has 5 rings (SSSR count). The summed E-state index contributed by atoms with van der Waals surface area (Å²) < 4.78 is 0. The normalized spacial score (nSPS) is 27.4. The fraction of sp³-hybridized carbons (Fsp3) is 0.525. The lowest BCUT2D eigenvalue weighted by molar-refractivity contribution is -0.134. The minimum atomic E-state index is -0.898. The monoisotopic (exact) mass is 578 g/mol. The number of carbonyl (C=O) groups is 3. The molecule has 0 aromatic heterocycles. The standard InChI is InChI=1S/C40H50O3/c1-22(2)29-17-30(28-15-13-27(14-16-28)19-37(7,8)9)24(4)33-31(29)20-38(10)21-39(11)18-23(3)32(26(6)41)36(43)40(39,12)25(5)34(38)35(33)42/h13-17,22H,18-21H2,1-12H3. The average Bonchev–Trinajstić information content (AvgIpc) is 2.85. The second-order valence-corrected chi connectivity index (χ2v) is 16.2. The zero-order chi connectivity index (χ0) is 32.0. The summed E-state index contributed by atoms with van der Waals surface area (Å²) in [7, 11) is 0. The van der Waals surface area contributed by atoms with Crippen molar-refractivity contribution in [1.82, 2.24) is 0 Å². The molecule has 0 amide bonds. The number of hydrogen-bond donors (Lipinski definition) is 0. The fourth-order valence-electron chi connectivity index (χ4n) is 9.24. The van der Waals surface area contributed by atoms with Gasteiger partial charge in [0.1, 0.15) is 0 Å². The quantitative estimate of drug-likeness (QED) is 0.339. The number of rotatable bonds is 4. The summed E-state index contributed by atoms with van der Waals surface area (Å²) in [6.45, 7) is 25.2. The first-order chi connectivity index (χ1) is 19.8. The number of benzene rings is 2. The van der Waals surface area contributed by atoms with Gasteiger partial charge in [0.2, 0.25) is 0 Å². The van der Waals surface area contributed by atoms with Crippen molar-refractivity contribution in [3.8, 4) is 11.1 Å². The molecule has 0 heterocycles. The van der Waals surface area contributed by atoms with Crippen LogP contribution in [0.3, 0.4) is 0 Å². The Bertz CT molecular complexity index is 1640. The van der Waals surface area contributed by atoms with Gasteiger partial charge in [-0.15, -0.1) is 0 Å². The van der Waals surface area contributed by atoms with Gasteiger partial charge in [-0.1, -0.05) is 89.9 Å². The van der Waals surface area contributed by atoms with Gasteiger partial charge in [-0.25, -0.2) is 0 Å². The van der Waals surface area contributed by atoms with Gasteiger partial charge in [-0.3, -0.25) is 14.4 Å². The summed E-state index contributed by atoms with van der Waals surface area (Å²) in [4.78, 5) is 41.8. The molecule has 3 heteroatoms. The Morgan fingerprint density at radius 2 is 1.56 bits per heavy atom. The molecule has 0 aliphatic heterocycles. The highest BCUT2D eigenvalue weighted by Gasteiger charge is 2.63. The molecule has 3 aliphatic carbocycles. The zero-order valence-electron chi connectivity index (χ0n) is 28.5. The van der Waals surface area contributed by atoms with Crippen LogP contribution in [0, 0.1) is 28.6 Å². The Morgan fingerprint density at radius 1 is 0.953 bits per heavy atom. The van der Waals surface area contributed by atoms with Gasteiger partial charge in [0.15, 0.2) is 17.3 Å². The number of Topliss-reactive ketones (excluding diaryl/α,β-unsaturated/α-hetero) is 3. The van der Waals surface area contributed by atoms with E-state index in [2.05, 4.69) is 85.7 Å². The van der Waals surface area contributed by atoms with Gasteiger partial charge < -0.3 is 0 Å². The molecule has 2 aromatic rings. The maximum atomic E-state index is 14.9. The molecular formula is C40H50O3. The Kier molecular flexibility index (Phi) is 7.27. The van der Waals surface area contributed by atoms with Crippen molar-refractivity contribution in [2.75, 3.05) is 0 Å². The van der Waals surface area contributed by atoms with Crippen LogP contribution >= 0.6 is 0 Å². The molecule has 3 atom stereocenters. The maximum Gasteiger partial charge on any atom is 0.190 e. The van der Waals surface area contributed by atoms with E-state index in [0.29, 0.717) is 12.0 Å². The van der Waals surface area contributed by atoms with E-state index < -0.39 is 5.41 Å². The summed E-state index contributed by atoms with van der Waals surface area (Å²) in [6, 6.07) is 11.2. The molecule has 0 saturated carbocycles. The summed E-state index contributed by atoms with van der Waals surface area (Å²) in [5.74, 6) is 0.0484. The second-order valence-electron chi connectivity index (χ2n) is 16.2. The van der Waals surface area contributed by atoms with Crippen LogP contribution in [-0.4, -0.2) is 17.3 Å². The second kappa shape index (κ2) is 9.98. The molecule has 228 valence electrons. The summed E-state index contributed by atoms with van der Waals surface area (Å²) in [6.07, 6.45) is 3.21. The van der Waals surface area contributed by atoms with E-state index in [1.165, 1.54) is 23.6 Å². The van der Waals surface area contributed by atoms with Gasteiger partial charge in [0, 0.05) is 16.6 Å². The van der Waals surface area contributed by atoms with Crippen molar-refractivity contribution in [2.45, 2.75) is 115 Å². The topological polar surface area (TPSA) is 51.2 Å². The number of fused-ring (bicyclic) bond motifs is 3. The molecule has 2 aromatic carbocycles. The van der Waals surface area contributed by atoms with Gasteiger partial charge >= 0.3 is 0 Å². The molecular weight excluding hydrogens is 528 g/mol. The van der Waals surface area contributed by atoms with Crippen molar-refractivity contribution < 1.29 is 14.4 Å². The first-order valence-electron chi connectivity index (χ1n) is 16.0. The van der Waals surface area contributed by atoms with E-state index in [9.17, 15) is 14.4 Å². The molecule has 3 nitrogen and oxygen atoms in total. The van der Waals surface area contributed by atoms with Crippen molar-refractivity contribution in [3.63, 3.8) is 0 Å². The SMILES string of the molecule is CC(=O)C1=C(C)CC2(C)CC3(C)Cc4c(C(C)C)cc(-c5ccc(CC(C)(C)C)cc5)c(C)c4C(=O)C3=C(C)C2(C)C1=O. The van der Waals surface area contributed by atoms with Crippen molar-refractivity contribution in [3.05, 3.63) is 80.4 Å². The van der Waals surface area contributed by atoms with Crippen LogP contribution < -0.4 is 0 Å². The number of allylic oxidation sites excluding steroid dienone is 4. The fourth-order valence-corrected chi connectivity index (χ4v) is 9.24. The van der Waals surface area contributed by atoms with E-state index in [-0.39, 0.29) is 39.5 Å². The average molecular weight is 579 g/mol. The van der Waals surface area contributed by atoms with Crippen molar-refractivity contribution in [2.24, 2.45) is 21.7 Å². The molecule has 0 N–H and O–H groups in total. The number of ketones is 3. The lowest BCUT2D eigenvalue weighted by Gasteiger charge is -2.59. The predicted molar refractivity (Wildman–Crippen MR) is 177 cm³/mol. The maximum absolute atomic E-state index is 14.9. The first kappa shape index (κ1) is 31.4. The summed E-state index contributed by atoms with van der Waals surface area (Å²) in [5, 5.41) is 0. The van der Waals surface area contributed by atoms with Crippen molar-refractivity contribution in [1.29, 1.82) is 0 Å². The van der Waals surface area contributed by atoms with Gasteiger partial charge in [0.05, 0.1) is 11.0 Å². The first-order valence-corrected chi connectivity index (χ1v) is 16.0. The lowest BCUT2D eigenvalue weighted by Crippen LogP contribution is -2.57. The summed E-state index contributed by atoms with van der Waals surface area (Å²) >= 11 is 0. The van der Waals surface area contributed by atoms with Crippen LogP contribution in [0.5, 0.6) is 0 Å². The van der Waals surface area contributed by atoms with Crippen LogP contribution in [0.25, 0.3) is 11.1 Å². The Hall–Kier alpha value is -3.07. The Labute approximate surface area is 259 Å². The van der Waals surface area contributed by atoms with Crippen LogP contribution in [0.4, 0.5) is 0 Å². The van der Waals surface area contributed by atoms with Gasteiger partial charge in [0.25, 0.3) is 0 Å². The minimum Gasteiger partial charge on any atom is -0.294 e. The molecule has 0 spiro atoms. The highest BCUT2D eigenvalue weighted by atomic mass is 16.2. The third kappa shape index (κ3) is 4.64. The molecule has 3 unspecified atom stereocenters. The molecule has 0 saturated heterocycles. The van der Waals surface area contributed by atoms with Crippen LogP contribution in [0.15, 0.2) is 52.6 Å². The Balaban J connectivity index is 1.72. The van der Waals surface area contributed by atoms with Crippen molar-refractivity contribution >= 4 is 17.3 Å². The van der Waals surface area contributed by atoms with E-state index in [1.807, 2.05) is 20.8 Å². The molecule has 0 radical (unpaired) electrons. The van der Waals surface area contributed by atoms with Gasteiger partial charge in [-0.2, -0.15) is 0 Å². The third-order valence-electron chi connectivity index (χ3n) is 11.2. The number of carbonyl (C=O) groups excluding carboxylic acids is 3. The third-order valence-corrected chi connectivity index (χ3v) is 11.2. The molecule has 0 bridgehead atoms. The predicted octanol–water partition coefficient (Wildman–Crippen LogP) is 9.73. The molecule has 0 fully saturated rings. The molecule has 3 aliphatic rings. The number of hydrogen-bond acceptors (Lipinski definition) is 3. The Morgan fingerprint density at radius 3 is 2.09 bits per heavy atom. The van der Waals surface area contributed by atoms with Crippen LogP contribution in [-0.2, 0) is 22.4 Å². The van der Waals surface area contributed by atoms with Gasteiger partial charge in [-0.05, 0) is 110 Å². The van der Waals surface area contributed by atoms with E-state index in [4.69, 9.17) is 0 Å². The minimum absolute atomic E-state index is 0.0681. The highest BCUT2D eigenvalue weighted by Crippen LogP contribution is 2.66. The largest absolute Gasteiger partial charge is 0.294 e. The lowest BCUT2D eigenvalue weighted by atomic mass is 9.42.